The van der Waals surface area contributed by atoms with Crippen molar-refractivity contribution in [2.24, 2.45) is 5.73 Å². The molecule has 1 aliphatic carbocycles. The van der Waals surface area contributed by atoms with Crippen LogP contribution >= 0.6 is 0 Å². The highest BCUT2D eigenvalue weighted by molar-refractivity contribution is 6.07. The number of hydrogen-bond donors (Lipinski definition) is 1. The van der Waals surface area contributed by atoms with Crippen molar-refractivity contribution in [3.05, 3.63) is 0 Å². The van der Waals surface area contributed by atoms with Crippen molar-refractivity contribution in [3.8, 4) is 0 Å². The van der Waals surface area contributed by atoms with Crippen LogP contribution in [0.15, 0.2) is 0 Å². The van der Waals surface area contributed by atoms with Gasteiger partial charge in [0.25, 0.3) is 5.91 Å². The van der Waals surface area contributed by atoms with Crippen molar-refractivity contribution in [1.82, 2.24) is 9.80 Å². The SMILES string of the molecule is CN1C(=O)N(CCN)C(=O)C12CCC2. The summed E-state index contributed by atoms with van der Waals surface area (Å²) in [6.07, 6.45) is 2.63. The van der Waals surface area contributed by atoms with E-state index < -0.39 is 5.54 Å². The first-order valence-corrected chi connectivity index (χ1v) is 4.93. The van der Waals surface area contributed by atoms with E-state index in [1.54, 1.807) is 11.9 Å². The fourth-order valence-corrected chi connectivity index (χ4v) is 2.23. The molecule has 1 saturated carbocycles. The molecule has 0 bridgehead atoms. The number of nitrogens with two attached hydrogens (primary N) is 1. The van der Waals surface area contributed by atoms with Gasteiger partial charge < -0.3 is 10.6 Å². The Morgan fingerprint density at radius 3 is 2.43 bits per heavy atom. The van der Waals surface area contributed by atoms with Gasteiger partial charge in [-0.15, -0.1) is 0 Å². The number of nitrogens with zero attached hydrogens (tertiary/aromatic N) is 2. The van der Waals surface area contributed by atoms with Gasteiger partial charge in [-0.3, -0.25) is 9.69 Å². The molecule has 0 radical (unpaired) electrons. The van der Waals surface area contributed by atoms with E-state index in [-0.39, 0.29) is 11.9 Å². The zero-order chi connectivity index (χ0) is 10.3. The molecule has 0 unspecified atom stereocenters. The van der Waals surface area contributed by atoms with Gasteiger partial charge in [-0.2, -0.15) is 0 Å². The minimum absolute atomic E-state index is 0.0540. The van der Waals surface area contributed by atoms with Gasteiger partial charge in [-0.1, -0.05) is 0 Å². The summed E-state index contributed by atoms with van der Waals surface area (Å²) in [5.74, 6) is -0.0540. The molecule has 2 aliphatic rings. The van der Waals surface area contributed by atoms with Crippen LogP contribution in [0.3, 0.4) is 0 Å². The maximum atomic E-state index is 11.9. The molecule has 2 N–H and O–H groups in total. The van der Waals surface area contributed by atoms with Gasteiger partial charge in [0.05, 0.1) is 0 Å². The molecular weight excluding hydrogens is 182 g/mol. The molecule has 0 aromatic rings. The molecule has 5 heteroatoms. The molecule has 1 saturated heterocycles. The number of urea groups is 1. The highest BCUT2D eigenvalue weighted by atomic mass is 16.2. The molecule has 14 heavy (non-hydrogen) atoms. The van der Waals surface area contributed by atoms with Crippen LogP contribution in [0.2, 0.25) is 0 Å². The summed E-state index contributed by atoms with van der Waals surface area (Å²) in [6.45, 7) is 0.672. The second kappa shape index (κ2) is 2.95. The Kier molecular flexibility index (Phi) is 1.99. The van der Waals surface area contributed by atoms with Crippen LogP contribution in [0.1, 0.15) is 19.3 Å². The van der Waals surface area contributed by atoms with Crippen molar-refractivity contribution >= 4 is 11.9 Å². The van der Waals surface area contributed by atoms with E-state index in [0.29, 0.717) is 13.1 Å². The van der Waals surface area contributed by atoms with Crippen molar-refractivity contribution < 1.29 is 9.59 Å². The van der Waals surface area contributed by atoms with E-state index in [1.165, 1.54) is 4.90 Å². The first-order valence-electron chi connectivity index (χ1n) is 4.93. The Labute approximate surface area is 82.8 Å². The summed E-state index contributed by atoms with van der Waals surface area (Å²) in [5.41, 5.74) is 4.85. The molecule has 1 heterocycles. The predicted octanol–water partition coefficient (Wildman–Crippen LogP) is -0.238. The third-order valence-corrected chi connectivity index (χ3v) is 3.34. The van der Waals surface area contributed by atoms with Crippen LogP contribution < -0.4 is 5.73 Å². The van der Waals surface area contributed by atoms with Gasteiger partial charge in [0.15, 0.2) is 0 Å². The van der Waals surface area contributed by atoms with Crippen molar-refractivity contribution in [2.75, 3.05) is 20.1 Å². The summed E-state index contributed by atoms with van der Waals surface area (Å²) >= 11 is 0. The Bertz CT molecular complexity index is 286. The second-order valence-corrected chi connectivity index (χ2v) is 3.97. The van der Waals surface area contributed by atoms with Crippen LogP contribution in [-0.4, -0.2) is 47.4 Å². The minimum atomic E-state index is -0.508. The highest BCUT2D eigenvalue weighted by Gasteiger charge is 2.58. The third kappa shape index (κ3) is 0.930. The Morgan fingerprint density at radius 2 is 2.07 bits per heavy atom. The summed E-state index contributed by atoms with van der Waals surface area (Å²) in [5, 5.41) is 0. The first-order chi connectivity index (χ1) is 6.63. The van der Waals surface area contributed by atoms with Crippen LogP contribution in [0.5, 0.6) is 0 Å². The smallest absolute Gasteiger partial charge is 0.327 e. The van der Waals surface area contributed by atoms with Gasteiger partial charge in [0.2, 0.25) is 0 Å². The van der Waals surface area contributed by atoms with Gasteiger partial charge in [-0.05, 0) is 19.3 Å². The average molecular weight is 197 g/mol. The number of carbonyl (C=O) groups is 2. The highest BCUT2D eigenvalue weighted by Crippen LogP contribution is 2.42. The molecule has 0 aromatic heterocycles. The Morgan fingerprint density at radius 1 is 1.43 bits per heavy atom. The standard InChI is InChI=1S/C9H15N3O2/c1-11-8(14)12(6-5-10)7(13)9(11)3-2-4-9/h2-6,10H2,1H3. The zero-order valence-electron chi connectivity index (χ0n) is 8.32. The summed E-state index contributed by atoms with van der Waals surface area (Å²) in [7, 11) is 1.70. The van der Waals surface area contributed by atoms with Crippen LogP contribution in [0.4, 0.5) is 4.79 Å². The molecule has 78 valence electrons. The molecule has 2 rings (SSSR count). The summed E-state index contributed by atoms with van der Waals surface area (Å²) in [4.78, 5) is 26.5. The lowest BCUT2D eigenvalue weighted by Crippen LogP contribution is -2.53. The number of rotatable bonds is 2. The quantitative estimate of drug-likeness (QED) is 0.621. The lowest BCUT2D eigenvalue weighted by atomic mass is 9.76. The van der Waals surface area contributed by atoms with E-state index >= 15 is 0 Å². The molecule has 3 amide bonds. The van der Waals surface area contributed by atoms with E-state index in [2.05, 4.69) is 0 Å². The molecule has 2 fully saturated rings. The lowest BCUT2D eigenvalue weighted by Gasteiger charge is -2.40. The molecule has 1 spiro atoms. The molecule has 0 atom stereocenters. The number of hydrogen-bond acceptors (Lipinski definition) is 3. The fourth-order valence-electron chi connectivity index (χ4n) is 2.23. The fraction of sp³-hybridized carbons (Fsp3) is 0.778. The molecule has 1 aliphatic heterocycles. The largest absolute Gasteiger partial charge is 0.329 e. The van der Waals surface area contributed by atoms with Crippen molar-refractivity contribution in [1.29, 1.82) is 0 Å². The van der Waals surface area contributed by atoms with E-state index in [9.17, 15) is 9.59 Å². The first kappa shape index (κ1) is 9.45. The maximum Gasteiger partial charge on any atom is 0.327 e. The average Bonchev–Trinajstić information content (AvgIpc) is 2.27. The van der Waals surface area contributed by atoms with Crippen molar-refractivity contribution in [3.63, 3.8) is 0 Å². The van der Waals surface area contributed by atoms with Gasteiger partial charge in [0, 0.05) is 20.1 Å². The minimum Gasteiger partial charge on any atom is -0.329 e. The van der Waals surface area contributed by atoms with E-state index in [4.69, 9.17) is 5.73 Å². The van der Waals surface area contributed by atoms with Crippen LogP contribution in [0, 0.1) is 0 Å². The Hall–Kier alpha value is -1.10. The third-order valence-electron chi connectivity index (χ3n) is 3.34. The second-order valence-electron chi connectivity index (χ2n) is 3.97. The predicted molar refractivity (Wildman–Crippen MR) is 50.5 cm³/mol. The number of amides is 3. The van der Waals surface area contributed by atoms with Crippen LogP contribution in [-0.2, 0) is 4.79 Å². The normalized spacial score (nSPS) is 24.7. The Balaban J connectivity index is 2.24. The van der Waals surface area contributed by atoms with E-state index in [1.807, 2.05) is 0 Å². The molecule has 0 aromatic carbocycles. The molecule has 5 nitrogen and oxygen atoms in total. The van der Waals surface area contributed by atoms with Gasteiger partial charge >= 0.3 is 6.03 Å². The topological polar surface area (TPSA) is 66.6 Å². The van der Waals surface area contributed by atoms with E-state index in [0.717, 1.165) is 19.3 Å². The number of carbonyl (C=O) groups excluding carboxylic acids is 2. The number of likely N-dealkylation sites (N-methyl/N-ethyl adjacent to an activating group) is 1. The van der Waals surface area contributed by atoms with Gasteiger partial charge in [-0.25, -0.2) is 4.79 Å². The number of imide groups is 1. The van der Waals surface area contributed by atoms with Gasteiger partial charge in [0.1, 0.15) is 5.54 Å². The summed E-state index contributed by atoms with van der Waals surface area (Å²) < 4.78 is 0. The van der Waals surface area contributed by atoms with Crippen LogP contribution in [0.25, 0.3) is 0 Å². The zero-order valence-corrected chi connectivity index (χ0v) is 8.32. The lowest BCUT2D eigenvalue weighted by molar-refractivity contribution is -0.136. The maximum absolute atomic E-state index is 11.9. The summed E-state index contributed by atoms with van der Waals surface area (Å²) in [6, 6.07) is -0.194. The molecular formula is C9H15N3O2. The monoisotopic (exact) mass is 197 g/mol. The van der Waals surface area contributed by atoms with Crippen molar-refractivity contribution in [2.45, 2.75) is 24.8 Å².